The van der Waals surface area contributed by atoms with Gasteiger partial charge in [0.2, 0.25) is 5.89 Å². The molecule has 0 radical (unpaired) electrons. The molecule has 3 rings (SSSR count). The summed E-state index contributed by atoms with van der Waals surface area (Å²) in [7, 11) is 0. The van der Waals surface area contributed by atoms with E-state index in [0.29, 0.717) is 10.6 Å². The van der Waals surface area contributed by atoms with Gasteiger partial charge in [-0.15, -0.1) is 10.2 Å². The summed E-state index contributed by atoms with van der Waals surface area (Å²) >= 11 is 6.00. The van der Waals surface area contributed by atoms with Crippen molar-refractivity contribution in [1.29, 1.82) is 0 Å². The van der Waals surface area contributed by atoms with Gasteiger partial charge >= 0.3 is 11.8 Å². The molecule has 134 valence electrons. The van der Waals surface area contributed by atoms with Gasteiger partial charge in [-0.3, -0.25) is 4.79 Å². The van der Waals surface area contributed by atoms with E-state index in [2.05, 4.69) is 15.5 Å². The standard InChI is InChI=1S/C18H21ClFN3O2/c19-15-11-13(20)9-8-12(15)10-16-22-23-18(25-16)17(24)21-14-6-4-2-1-3-5-7-14/h8-9,11,14H,1-7,10H2,(H,21,24). The number of nitrogens with zero attached hydrogens (tertiary/aromatic N) is 2. The average Bonchev–Trinajstić information content (AvgIpc) is 3.01. The molecule has 0 spiro atoms. The van der Waals surface area contributed by atoms with E-state index in [1.165, 1.54) is 31.4 Å². The van der Waals surface area contributed by atoms with E-state index >= 15 is 0 Å². The minimum atomic E-state index is -0.404. The van der Waals surface area contributed by atoms with Crippen molar-refractivity contribution >= 4 is 17.5 Å². The third-order valence-corrected chi connectivity index (χ3v) is 4.81. The van der Waals surface area contributed by atoms with Crippen LogP contribution in [0, 0.1) is 5.82 Å². The van der Waals surface area contributed by atoms with Crippen LogP contribution >= 0.6 is 11.6 Å². The lowest BCUT2D eigenvalue weighted by molar-refractivity contribution is 0.0893. The summed E-state index contributed by atoms with van der Waals surface area (Å²) in [5.74, 6) is -0.514. The Bertz CT molecular complexity index is 727. The lowest BCUT2D eigenvalue weighted by Gasteiger charge is -2.19. The molecule has 25 heavy (non-hydrogen) atoms. The van der Waals surface area contributed by atoms with E-state index in [9.17, 15) is 9.18 Å². The Morgan fingerprint density at radius 2 is 1.92 bits per heavy atom. The maximum absolute atomic E-state index is 13.1. The smallest absolute Gasteiger partial charge is 0.309 e. The second-order valence-electron chi connectivity index (χ2n) is 6.43. The first-order chi connectivity index (χ1) is 12.1. The van der Waals surface area contributed by atoms with Gasteiger partial charge in [-0.2, -0.15) is 0 Å². The summed E-state index contributed by atoms with van der Waals surface area (Å²) in [6.45, 7) is 0. The molecule has 0 bridgehead atoms. The zero-order valence-corrected chi connectivity index (χ0v) is 14.7. The van der Waals surface area contributed by atoms with E-state index in [4.69, 9.17) is 16.0 Å². The highest BCUT2D eigenvalue weighted by molar-refractivity contribution is 6.31. The summed E-state index contributed by atoms with van der Waals surface area (Å²) < 4.78 is 18.5. The quantitative estimate of drug-likeness (QED) is 0.877. The molecule has 5 nitrogen and oxygen atoms in total. The largest absolute Gasteiger partial charge is 0.417 e. The monoisotopic (exact) mass is 365 g/mol. The Balaban J connectivity index is 1.61. The van der Waals surface area contributed by atoms with Crippen molar-refractivity contribution < 1.29 is 13.6 Å². The van der Waals surface area contributed by atoms with E-state index in [1.54, 1.807) is 6.07 Å². The van der Waals surface area contributed by atoms with Gasteiger partial charge in [0.25, 0.3) is 0 Å². The molecule has 1 aromatic heterocycles. The van der Waals surface area contributed by atoms with Crippen molar-refractivity contribution in [3.63, 3.8) is 0 Å². The minimum absolute atomic E-state index is 0.0460. The third kappa shape index (κ3) is 5.01. The number of carbonyl (C=O) groups excluding carboxylic acids is 1. The maximum atomic E-state index is 13.1. The van der Waals surface area contributed by atoms with Gasteiger partial charge in [0, 0.05) is 11.1 Å². The van der Waals surface area contributed by atoms with Crippen molar-refractivity contribution in [2.24, 2.45) is 0 Å². The highest BCUT2D eigenvalue weighted by Gasteiger charge is 2.20. The number of aromatic nitrogens is 2. The summed E-state index contributed by atoms with van der Waals surface area (Å²) in [6.07, 6.45) is 8.19. The lowest BCUT2D eigenvalue weighted by atomic mass is 9.97. The summed E-state index contributed by atoms with van der Waals surface area (Å²) in [5.41, 5.74) is 0.665. The Morgan fingerprint density at radius 1 is 1.20 bits per heavy atom. The fourth-order valence-corrected chi connectivity index (χ4v) is 3.33. The molecule has 1 heterocycles. The topological polar surface area (TPSA) is 68.0 Å². The molecule has 1 fully saturated rings. The second-order valence-corrected chi connectivity index (χ2v) is 6.84. The predicted octanol–water partition coefficient (Wildman–Crippen LogP) is 4.30. The molecule has 1 amide bonds. The highest BCUT2D eigenvalue weighted by Crippen LogP contribution is 2.21. The molecule has 7 heteroatoms. The first kappa shape index (κ1) is 17.9. The molecule has 0 atom stereocenters. The van der Waals surface area contributed by atoms with Crippen LogP contribution < -0.4 is 5.32 Å². The second kappa shape index (κ2) is 8.43. The molecule has 0 unspecified atom stereocenters. The Hall–Kier alpha value is -1.95. The number of hydrogen-bond acceptors (Lipinski definition) is 4. The first-order valence-electron chi connectivity index (χ1n) is 8.69. The van der Waals surface area contributed by atoms with Crippen molar-refractivity contribution in [3.8, 4) is 0 Å². The lowest BCUT2D eigenvalue weighted by Crippen LogP contribution is -2.35. The molecule has 1 aliphatic carbocycles. The van der Waals surface area contributed by atoms with E-state index in [0.717, 1.165) is 25.7 Å². The van der Waals surface area contributed by atoms with Crippen molar-refractivity contribution in [2.45, 2.75) is 57.4 Å². The molecular formula is C18H21ClFN3O2. The molecule has 1 aromatic carbocycles. The van der Waals surface area contributed by atoms with Gasteiger partial charge in [0.15, 0.2) is 0 Å². The van der Waals surface area contributed by atoms with Gasteiger partial charge in [-0.05, 0) is 30.5 Å². The molecule has 2 aromatic rings. The molecule has 0 saturated heterocycles. The Kier molecular flexibility index (Phi) is 6.02. The average molecular weight is 366 g/mol. The SMILES string of the molecule is O=C(NC1CCCCCCC1)c1nnc(Cc2ccc(F)cc2Cl)o1. The van der Waals surface area contributed by atoms with Crippen molar-refractivity contribution in [3.05, 3.63) is 46.4 Å². The van der Waals surface area contributed by atoms with Crippen LogP contribution in [0.3, 0.4) is 0 Å². The fraction of sp³-hybridized carbons (Fsp3) is 0.500. The normalized spacial score (nSPS) is 16.2. The Morgan fingerprint density at radius 3 is 2.64 bits per heavy atom. The summed E-state index contributed by atoms with van der Waals surface area (Å²) in [4.78, 5) is 12.3. The zero-order valence-electron chi connectivity index (χ0n) is 13.9. The number of rotatable bonds is 4. The van der Waals surface area contributed by atoms with Crippen LogP contribution in [0.4, 0.5) is 4.39 Å². The summed E-state index contributed by atoms with van der Waals surface area (Å²) in [5, 5.41) is 11.0. The fourth-order valence-electron chi connectivity index (χ4n) is 3.09. The van der Waals surface area contributed by atoms with E-state index in [1.807, 2.05) is 0 Å². The number of halogens is 2. The van der Waals surface area contributed by atoms with Gasteiger partial charge in [0.1, 0.15) is 5.82 Å². The molecule has 0 aliphatic heterocycles. The van der Waals surface area contributed by atoms with Crippen LogP contribution in [-0.2, 0) is 6.42 Å². The zero-order chi connectivity index (χ0) is 17.6. The molecular weight excluding hydrogens is 345 g/mol. The summed E-state index contributed by atoms with van der Waals surface area (Å²) in [6, 6.07) is 4.28. The van der Waals surface area contributed by atoms with Crippen LogP contribution in [0.15, 0.2) is 22.6 Å². The number of hydrogen-bond donors (Lipinski definition) is 1. The van der Waals surface area contributed by atoms with Crippen molar-refractivity contribution in [2.75, 3.05) is 0 Å². The van der Waals surface area contributed by atoms with Crippen LogP contribution in [0.25, 0.3) is 0 Å². The van der Waals surface area contributed by atoms with Gasteiger partial charge in [0.05, 0.1) is 6.42 Å². The van der Waals surface area contributed by atoms with Gasteiger partial charge in [-0.25, -0.2) is 4.39 Å². The Labute approximate surface area is 151 Å². The predicted molar refractivity (Wildman–Crippen MR) is 92.1 cm³/mol. The van der Waals surface area contributed by atoms with Gasteiger partial charge in [-0.1, -0.05) is 49.8 Å². The van der Waals surface area contributed by atoms with Crippen LogP contribution in [0.2, 0.25) is 5.02 Å². The number of carbonyl (C=O) groups is 1. The maximum Gasteiger partial charge on any atom is 0.309 e. The molecule has 1 N–H and O–H groups in total. The van der Waals surface area contributed by atoms with Crippen LogP contribution in [0.5, 0.6) is 0 Å². The first-order valence-corrected chi connectivity index (χ1v) is 9.07. The van der Waals surface area contributed by atoms with Gasteiger partial charge < -0.3 is 9.73 Å². The molecule has 1 aliphatic rings. The number of nitrogens with one attached hydrogen (secondary N) is 1. The highest BCUT2D eigenvalue weighted by atomic mass is 35.5. The van der Waals surface area contributed by atoms with Crippen LogP contribution in [-0.4, -0.2) is 22.1 Å². The molecule has 1 saturated carbocycles. The van der Waals surface area contributed by atoms with Crippen LogP contribution in [0.1, 0.15) is 67.1 Å². The van der Waals surface area contributed by atoms with Crippen molar-refractivity contribution in [1.82, 2.24) is 15.5 Å². The van der Waals surface area contributed by atoms with E-state index in [-0.39, 0.29) is 30.2 Å². The third-order valence-electron chi connectivity index (χ3n) is 4.46. The number of amides is 1. The number of benzene rings is 1. The minimum Gasteiger partial charge on any atom is -0.417 e. The van der Waals surface area contributed by atoms with E-state index < -0.39 is 5.82 Å².